The SMILES string of the molecule is C[C@H](NC(C(=O)O)C1CC1)c1ccccc1Cl. The molecule has 0 radical (unpaired) electrons. The Kier molecular flexibility index (Phi) is 3.69. The van der Waals surface area contributed by atoms with Crippen molar-refractivity contribution in [3.05, 3.63) is 34.9 Å². The summed E-state index contributed by atoms with van der Waals surface area (Å²) in [7, 11) is 0. The van der Waals surface area contributed by atoms with Gasteiger partial charge in [-0.3, -0.25) is 10.1 Å². The highest BCUT2D eigenvalue weighted by Gasteiger charge is 2.37. The molecule has 92 valence electrons. The van der Waals surface area contributed by atoms with E-state index in [-0.39, 0.29) is 12.0 Å². The molecule has 0 heterocycles. The third-order valence-electron chi connectivity index (χ3n) is 3.16. The summed E-state index contributed by atoms with van der Waals surface area (Å²) in [4.78, 5) is 11.1. The summed E-state index contributed by atoms with van der Waals surface area (Å²) in [6, 6.07) is 7.01. The molecule has 1 aliphatic rings. The largest absolute Gasteiger partial charge is 0.480 e. The molecule has 3 nitrogen and oxygen atoms in total. The van der Waals surface area contributed by atoms with E-state index in [1.807, 2.05) is 31.2 Å². The highest BCUT2D eigenvalue weighted by molar-refractivity contribution is 6.31. The maximum Gasteiger partial charge on any atom is 0.320 e. The number of carboxylic acids is 1. The Morgan fingerprint density at radius 1 is 1.47 bits per heavy atom. The predicted octanol–water partition coefficient (Wildman–Crippen LogP) is 2.85. The second-order valence-electron chi connectivity index (χ2n) is 4.56. The fraction of sp³-hybridized carbons (Fsp3) is 0.462. The van der Waals surface area contributed by atoms with Crippen molar-refractivity contribution in [2.75, 3.05) is 0 Å². The lowest BCUT2D eigenvalue weighted by Gasteiger charge is -2.21. The van der Waals surface area contributed by atoms with Crippen LogP contribution in [0.2, 0.25) is 5.02 Å². The van der Waals surface area contributed by atoms with E-state index in [1.54, 1.807) is 0 Å². The van der Waals surface area contributed by atoms with Gasteiger partial charge in [0.1, 0.15) is 6.04 Å². The molecule has 0 amide bonds. The van der Waals surface area contributed by atoms with Gasteiger partial charge in [-0.2, -0.15) is 0 Å². The smallest absolute Gasteiger partial charge is 0.320 e. The third kappa shape index (κ3) is 2.99. The maximum atomic E-state index is 11.1. The van der Waals surface area contributed by atoms with E-state index in [2.05, 4.69) is 5.32 Å². The van der Waals surface area contributed by atoms with Gasteiger partial charge in [-0.05, 0) is 37.3 Å². The van der Waals surface area contributed by atoms with E-state index < -0.39 is 12.0 Å². The summed E-state index contributed by atoms with van der Waals surface area (Å²) >= 11 is 6.09. The van der Waals surface area contributed by atoms with Crippen LogP contribution < -0.4 is 5.32 Å². The molecule has 1 aromatic carbocycles. The van der Waals surface area contributed by atoms with Gasteiger partial charge in [0.15, 0.2) is 0 Å². The second kappa shape index (κ2) is 5.07. The molecule has 1 aromatic rings. The number of hydrogen-bond acceptors (Lipinski definition) is 2. The normalized spacial score (nSPS) is 18.7. The van der Waals surface area contributed by atoms with Crippen LogP contribution in [0.15, 0.2) is 24.3 Å². The monoisotopic (exact) mass is 253 g/mol. The minimum atomic E-state index is -0.772. The Labute approximate surface area is 106 Å². The average Bonchev–Trinajstić information content (AvgIpc) is 3.09. The molecule has 1 aliphatic carbocycles. The minimum Gasteiger partial charge on any atom is -0.480 e. The minimum absolute atomic E-state index is 0.0506. The fourth-order valence-corrected chi connectivity index (χ4v) is 2.32. The molecule has 2 N–H and O–H groups in total. The molecule has 1 fully saturated rings. The molecule has 0 aliphatic heterocycles. The van der Waals surface area contributed by atoms with Crippen LogP contribution in [0.1, 0.15) is 31.4 Å². The van der Waals surface area contributed by atoms with Gasteiger partial charge in [0, 0.05) is 11.1 Å². The highest BCUT2D eigenvalue weighted by Crippen LogP contribution is 2.34. The van der Waals surface area contributed by atoms with Crippen molar-refractivity contribution in [3.63, 3.8) is 0 Å². The Morgan fingerprint density at radius 3 is 2.65 bits per heavy atom. The molecular weight excluding hydrogens is 238 g/mol. The van der Waals surface area contributed by atoms with Crippen LogP contribution in [0.5, 0.6) is 0 Å². The number of halogens is 1. The van der Waals surface area contributed by atoms with Gasteiger partial charge in [0.25, 0.3) is 0 Å². The van der Waals surface area contributed by atoms with Crippen molar-refractivity contribution in [3.8, 4) is 0 Å². The maximum absolute atomic E-state index is 11.1. The number of carboxylic acid groups (broad SMARTS) is 1. The van der Waals surface area contributed by atoms with E-state index >= 15 is 0 Å². The Morgan fingerprint density at radius 2 is 2.12 bits per heavy atom. The molecule has 4 heteroatoms. The van der Waals surface area contributed by atoms with Gasteiger partial charge in [0.2, 0.25) is 0 Å². The zero-order chi connectivity index (χ0) is 12.4. The zero-order valence-electron chi connectivity index (χ0n) is 9.69. The van der Waals surface area contributed by atoms with Crippen LogP contribution in [0.3, 0.4) is 0 Å². The first kappa shape index (κ1) is 12.4. The van der Waals surface area contributed by atoms with Crippen molar-refractivity contribution in [1.29, 1.82) is 0 Å². The number of benzene rings is 1. The number of carbonyl (C=O) groups is 1. The number of hydrogen-bond donors (Lipinski definition) is 2. The van der Waals surface area contributed by atoms with Gasteiger partial charge in [-0.25, -0.2) is 0 Å². The first-order valence-corrected chi connectivity index (χ1v) is 6.20. The Bertz CT molecular complexity index is 418. The predicted molar refractivity (Wildman–Crippen MR) is 67.2 cm³/mol. The van der Waals surface area contributed by atoms with Gasteiger partial charge in [-0.1, -0.05) is 29.8 Å². The summed E-state index contributed by atoms with van der Waals surface area (Å²) in [5, 5.41) is 13.0. The molecule has 0 bridgehead atoms. The van der Waals surface area contributed by atoms with Gasteiger partial charge in [-0.15, -0.1) is 0 Å². The summed E-state index contributed by atoms with van der Waals surface area (Å²) in [6.07, 6.45) is 2.00. The fourth-order valence-electron chi connectivity index (χ4n) is 2.02. The highest BCUT2D eigenvalue weighted by atomic mass is 35.5. The van der Waals surface area contributed by atoms with E-state index in [1.165, 1.54) is 0 Å². The van der Waals surface area contributed by atoms with Gasteiger partial charge in [0.05, 0.1) is 0 Å². The summed E-state index contributed by atoms with van der Waals surface area (Å²) in [5.74, 6) is -0.496. The zero-order valence-corrected chi connectivity index (χ0v) is 10.4. The van der Waals surface area contributed by atoms with E-state index in [4.69, 9.17) is 16.7 Å². The third-order valence-corrected chi connectivity index (χ3v) is 3.50. The van der Waals surface area contributed by atoms with Crippen molar-refractivity contribution in [2.45, 2.75) is 31.8 Å². The molecular formula is C13H16ClNO2. The van der Waals surface area contributed by atoms with Crippen LogP contribution >= 0.6 is 11.6 Å². The van der Waals surface area contributed by atoms with Crippen LogP contribution in [0, 0.1) is 5.92 Å². The molecule has 2 rings (SSSR count). The van der Waals surface area contributed by atoms with E-state index in [0.717, 1.165) is 18.4 Å². The number of nitrogens with one attached hydrogen (secondary N) is 1. The summed E-state index contributed by atoms with van der Waals surface area (Å²) in [6.45, 7) is 1.94. The lowest BCUT2D eigenvalue weighted by atomic mass is 10.1. The molecule has 0 saturated heterocycles. The van der Waals surface area contributed by atoms with Crippen LogP contribution in [-0.4, -0.2) is 17.1 Å². The van der Waals surface area contributed by atoms with Crippen LogP contribution in [0.4, 0.5) is 0 Å². The summed E-state index contributed by atoms with van der Waals surface area (Å²) in [5.41, 5.74) is 0.945. The van der Waals surface area contributed by atoms with E-state index in [0.29, 0.717) is 5.02 Å². The van der Waals surface area contributed by atoms with Crippen LogP contribution in [0.25, 0.3) is 0 Å². The van der Waals surface area contributed by atoms with E-state index in [9.17, 15) is 4.79 Å². The Balaban J connectivity index is 2.07. The topological polar surface area (TPSA) is 49.3 Å². The van der Waals surface area contributed by atoms with Crippen molar-refractivity contribution < 1.29 is 9.90 Å². The quantitative estimate of drug-likeness (QED) is 0.848. The Hall–Kier alpha value is -1.06. The van der Waals surface area contributed by atoms with Crippen molar-refractivity contribution >= 4 is 17.6 Å². The lowest BCUT2D eigenvalue weighted by molar-refractivity contribution is -0.140. The van der Waals surface area contributed by atoms with Gasteiger partial charge >= 0.3 is 5.97 Å². The lowest BCUT2D eigenvalue weighted by Crippen LogP contribution is -2.40. The first-order chi connectivity index (χ1) is 8.09. The second-order valence-corrected chi connectivity index (χ2v) is 4.97. The number of aliphatic carboxylic acids is 1. The average molecular weight is 254 g/mol. The molecule has 1 unspecified atom stereocenters. The molecule has 0 spiro atoms. The molecule has 17 heavy (non-hydrogen) atoms. The van der Waals surface area contributed by atoms with Crippen molar-refractivity contribution in [1.82, 2.24) is 5.32 Å². The number of rotatable bonds is 5. The van der Waals surface area contributed by atoms with Crippen LogP contribution in [-0.2, 0) is 4.79 Å². The molecule has 1 saturated carbocycles. The van der Waals surface area contributed by atoms with Crippen molar-refractivity contribution in [2.24, 2.45) is 5.92 Å². The van der Waals surface area contributed by atoms with Gasteiger partial charge < -0.3 is 5.11 Å². The first-order valence-electron chi connectivity index (χ1n) is 5.83. The summed E-state index contributed by atoms with van der Waals surface area (Å²) < 4.78 is 0. The molecule has 2 atom stereocenters. The molecule has 0 aromatic heterocycles. The standard InChI is InChI=1S/C13H16ClNO2/c1-8(10-4-2-3-5-11(10)14)15-12(13(16)17)9-6-7-9/h2-5,8-9,12,15H,6-7H2,1H3,(H,16,17)/t8-,12?/m0/s1.